The molecule has 0 saturated heterocycles. The molecule has 0 aromatic heterocycles. The molecule has 1 rings (SSSR count). The minimum absolute atomic E-state index is 0.0400. The highest BCUT2D eigenvalue weighted by atomic mass is 16.5. The van der Waals surface area contributed by atoms with Crippen molar-refractivity contribution < 1.29 is 19.0 Å². The molecule has 0 aliphatic carbocycles. The number of nitrogens with two attached hydrogens (primary N) is 1. The van der Waals surface area contributed by atoms with Crippen molar-refractivity contribution in [1.82, 2.24) is 0 Å². The summed E-state index contributed by atoms with van der Waals surface area (Å²) in [7, 11) is 4.73. The van der Waals surface area contributed by atoms with E-state index in [1.54, 1.807) is 38.4 Å². The van der Waals surface area contributed by atoms with E-state index < -0.39 is 0 Å². The molecule has 1 unspecified atom stereocenters. The molecule has 1 atom stereocenters. The highest BCUT2D eigenvalue weighted by Crippen LogP contribution is 2.31. The van der Waals surface area contributed by atoms with Gasteiger partial charge in [0.05, 0.1) is 20.8 Å². The van der Waals surface area contributed by atoms with Crippen molar-refractivity contribution in [2.45, 2.75) is 6.92 Å². The lowest BCUT2D eigenvalue weighted by molar-refractivity contribution is -0.121. The first-order valence-electron chi connectivity index (χ1n) is 6.81. The van der Waals surface area contributed by atoms with Crippen LogP contribution in [0.3, 0.4) is 0 Å². The van der Waals surface area contributed by atoms with Crippen molar-refractivity contribution in [3.05, 3.63) is 18.2 Å². The van der Waals surface area contributed by atoms with Gasteiger partial charge >= 0.3 is 0 Å². The van der Waals surface area contributed by atoms with Crippen LogP contribution >= 0.6 is 0 Å². The Hall–Kier alpha value is -1.79. The number of rotatable bonds is 8. The van der Waals surface area contributed by atoms with Gasteiger partial charge in [-0.25, -0.2) is 0 Å². The summed E-state index contributed by atoms with van der Waals surface area (Å²) in [5.41, 5.74) is 6.33. The molecular formula is C15H24N2O4. The van der Waals surface area contributed by atoms with Crippen LogP contribution in [0, 0.1) is 5.92 Å². The highest BCUT2D eigenvalue weighted by molar-refractivity contribution is 5.95. The second-order valence-corrected chi connectivity index (χ2v) is 4.66. The van der Waals surface area contributed by atoms with Gasteiger partial charge in [-0.1, -0.05) is 6.92 Å². The first kappa shape index (κ1) is 17.3. The lowest BCUT2D eigenvalue weighted by atomic mass is 10.1. The Bertz CT molecular complexity index is 465. The first-order valence-corrected chi connectivity index (χ1v) is 6.81. The van der Waals surface area contributed by atoms with Gasteiger partial charge in [-0.15, -0.1) is 0 Å². The fourth-order valence-electron chi connectivity index (χ4n) is 1.91. The molecule has 0 radical (unpaired) electrons. The molecule has 0 spiro atoms. The smallest absolute Gasteiger partial charge is 0.231 e. The number of carbonyl (C=O) groups is 1. The topological polar surface area (TPSA) is 74.0 Å². The SMILES string of the molecule is COCCN(C(=O)C(C)CN)c1ccc(OC)c(OC)c1. The second-order valence-electron chi connectivity index (χ2n) is 4.66. The van der Waals surface area contributed by atoms with E-state index in [1.807, 2.05) is 13.0 Å². The zero-order chi connectivity index (χ0) is 15.8. The Balaban J connectivity index is 3.10. The quantitative estimate of drug-likeness (QED) is 0.782. The van der Waals surface area contributed by atoms with Crippen LogP contribution in [0.25, 0.3) is 0 Å². The summed E-state index contributed by atoms with van der Waals surface area (Å²) in [5, 5.41) is 0. The Morgan fingerprint density at radius 3 is 2.43 bits per heavy atom. The van der Waals surface area contributed by atoms with Crippen molar-refractivity contribution in [1.29, 1.82) is 0 Å². The molecule has 2 N–H and O–H groups in total. The van der Waals surface area contributed by atoms with E-state index >= 15 is 0 Å². The zero-order valence-corrected chi connectivity index (χ0v) is 13.1. The van der Waals surface area contributed by atoms with Crippen LogP contribution < -0.4 is 20.1 Å². The van der Waals surface area contributed by atoms with Gasteiger partial charge in [0.2, 0.25) is 5.91 Å². The number of hydrogen-bond acceptors (Lipinski definition) is 5. The van der Waals surface area contributed by atoms with E-state index in [4.69, 9.17) is 19.9 Å². The summed E-state index contributed by atoms with van der Waals surface area (Å²) < 4.78 is 15.6. The minimum atomic E-state index is -0.255. The summed E-state index contributed by atoms with van der Waals surface area (Å²) in [6, 6.07) is 5.36. The normalized spacial score (nSPS) is 11.9. The number of anilines is 1. The van der Waals surface area contributed by atoms with Crippen molar-refractivity contribution in [3.63, 3.8) is 0 Å². The average molecular weight is 296 g/mol. The van der Waals surface area contributed by atoms with E-state index in [9.17, 15) is 4.79 Å². The molecule has 1 aromatic carbocycles. The van der Waals surface area contributed by atoms with E-state index in [0.29, 0.717) is 31.2 Å². The van der Waals surface area contributed by atoms with Crippen molar-refractivity contribution in [3.8, 4) is 11.5 Å². The Kier molecular flexibility index (Phi) is 6.98. The number of hydrogen-bond donors (Lipinski definition) is 1. The zero-order valence-electron chi connectivity index (χ0n) is 13.1. The lowest BCUT2D eigenvalue weighted by Crippen LogP contribution is -2.40. The fourth-order valence-corrected chi connectivity index (χ4v) is 1.91. The molecule has 6 nitrogen and oxygen atoms in total. The maximum atomic E-state index is 12.5. The third kappa shape index (κ3) is 4.34. The number of amides is 1. The maximum Gasteiger partial charge on any atom is 0.231 e. The van der Waals surface area contributed by atoms with Crippen LogP contribution in [0.4, 0.5) is 5.69 Å². The third-order valence-electron chi connectivity index (χ3n) is 3.24. The van der Waals surface area contributed by atoms with Gasteiger partial charge in [0.25, 0.3) is 0 Å². The predicted molar refractivity (Wildman–Crippen MR) is 82.0 cm³/mol. The molecule has 0 aliphatic heterocycles. The number of benzene rings is 1. The minimum Gasteiger partial charge on any atom is -0.493 e. The van der Waals surface area contributed by atoms with Crippen LogP contribution in [0.1, 0.15) is 6.92 Å². The number of carbonyl (C=O) groups excluding carboxylic acids is 1. The predicted octanol–water partition coefficient (Wildman–Crippen LogP) is 1.28. The van der Waals surface area contributed by atoms with Crippen molar-refractivity contribution in [2.24, 2.45) is 11.7 Å². The summed E-state index contributed by atoms with van der Waals surface area (Å²) in [6.07, 6.45) is 0. The summed E-state index contributed by atoms with van der Waals surface area (Å²) >= 11 is 0. The van der Waals surface area contributed by atoms with Crippen LogP contribution in [0.2, 0.25) is 0 Å². The molecule has 0 fully saturated rings. The van der Waals surface area contributed by atoms with Crippen LogP contribution in [-0.2, 0) is 9.53 Å². The Morgan fingerprint density at radius 2 is 1.90 bits per heavy atom. The molecule has 118 valence electrons. The van der Waals surface area contributed by atoms with Gasteiger partial charge in [0.1, 0.15) is 0 Å². The highest BCUT2D eigenvalue weighted by Gasteiger charge is 2.21. The summed E-state index contributed by atoms with van der Waals surface area (Å²) in [6.45, 7) is 3.00. The average Bonchev–Trinajstić information content (AvgIpc) is 2.53. The molecule has 6 heteroatoms. The summed E-state index contributed by atoms with van der Waals surface area (Å²) in [5.74, 6) is 0.898. The van der Waals surface area contributed by atoms with E-state index in [1.165, 1.54) is 0 Å². The van der Waals surface area contributed by atoms with Crippen LogP contribution in [0.5, 0.6) is 11.5 Å². The molecule has 0 saturated carbocycles. The van der Waals surface area contributed by atoms with E-state index in [-0.39, 0.29) is 11.8 Å². The maximum absolute atomic E-state index is 12.5. The molecule has 21 heavy (non-hydrogen) atoms. The Labute approximate surface area is 125 Å². The van der Waals surface area contributed by atoms with Crippen LogP contribution in [-0.4, -0.2) is 46.9 Å². The third-order valence-corrected chi connectivity index (χ3v) is 3.24. The molecule has 0 bridgehead atoms. The first-order chi connectivity index (χ1) is 10.1. The largest absolute Gasteiger partial charge is 0.493 e. The van der Waals surface area contributed by atoms with Gasteiger partial charge in [-0.05, 0) is 12.1 Å². The molecular weight excluding hydrogens is 272 g/mol. The Morgan fingerprint density at radius 1 is 1.24 bits per heavy atom. The van der Waals surface area contributed by atoms with Gasteiger partial charge in [0.15, 0.2) is 11.5 Å². The van der Waals surface area contributed by atoms with Crippen LogP contribution in [0.15, 0.2) is 18.2 Å². The molecule has 0 aliphatic rings. The van der Waals surface area contributed by atoms with Crippen molar-refractivity contribution in [2.75, 3.05) is 45.9 Å². The number of methoxy groups -OCH3 is 3. The van der Waals surface area contributed by atoms with Gasteiger partial charge in [-0.3, -0.25) is 4.79 Å². The van der Waals surface area contributed by atoms with E-state index in [2.05, 4.69) is 0 Å². The number of nitrogens with zero attached hydrogens (tertiary/aromatic N) is 1. The van der Waals surface area contributed by atoms with E-state index in [0.717, 1.165) is 5.69 Å². The monoisotopic (exact) mass is 296 g/mol. The van der Waals surface area contributed by atoms with Crippen molar-refractivity contribution >= 4 is 11.6 Å². The molecule has 1 amide bonds. The van der Waals surface area contributed by atoms with Gasteiger partial charge < -0.3 is 24.8 Å². The van der Waals surface area contributed by atoms with Gasteiger partial charge in [-0.2, -0.15) is 0 Å². The lowest BCUT2D eigenvalue weighted by Gasteiger charge is -2.26. The number of ether oxygens (including phenoxy) is 3. The standard InChI is InChI=1S/C15H24N2O4/c1-11(10-16)15(18)17(7-8-19-2)12-5-6-13(20-3)14(9-12)21-4/h5-6,9,11H,7-8,10,16H2,1-4H3. The second kappa shape index (κ2) is 8.49. The molecule has 0 heterocycles. The fraction of sp³-hybridized carbons (Fsp3) is 0.533. The van der Waals surface area contributed by atoms with Gasteiger partial charge in [0, 0.05) is 37.9 Å². The molecule has 1 aromatic rings. The summed E-state index contributed by atoms with van der Waals surface area (Å²) in [4.78, 5) is 14.1.